The van der Waals surface area contributed by atoms with Crippen molar-refractivity contribution in [3.8, 4) is 17.7 Å². The fourth-order valence-electron chi connectivity index (χ4n) is 2.12. The highest BCUT2D eigenvalue weighted by atomic mass is 19.1. The average Bonchev–Trinajstić information content (AvgIpc) is 2.55. The summed E-state index contributed by atoms with van der Waals surface area (Å²) in [5.41, 5.74) is 1.93. The van der Waals surface area contributed by atoms with Gasteiger partial charge < -0.3 is 4.74 Å². The van der Waals surface area contributed by atoms with Gasteiger partial charge in [0.25, 0.3) is 5.88 Å². The van der Waals surface area contributed by atoms with Crippen molar-refractivity contribution < 1.29 is 13.9 Å². The fraction of sp³-hybridized carbons (Fsp3) is 0.250. The van der Waals surface area contributed by atoms with Gasteiger partial charge in [0.2, 0.25) is 0 Å². The Hall–Kier alpha value is -2.81. The van der Waals surface area contributed by atoms with Gasteiger partial charge in [-0.3, -0.25) is 4.79 Å². The van der Waals surface area contributed by atoms with Crippen LogP contribution in [0.15, 0.2) is 18.2 Å². The van der Waals surface area contributed by atoms with Gasteiger partial charge in [0.1, 0.15) is 17.9 Å². The predicted octanol–water partition coefficient (Wildman–Crippen LogP) is 3.22. The number of aryl methyl sites for hydroxylation is 1. The maximum atomic E-state index is 13.9. The molecule has 0 fully saturated rings. The van der Waals surface area contributed by atoms with Crippen LogP contribution >= 0.6 is 0 Å². The molecule has 1 aromatic heterocycles. The lowest BCUT2D eigenvalue weighted by molar-refractivity contribution is 0.112. The van der Waals surface area contributed by atoms with Gasteiger partial charge >= 0.3 is 0 Å². The minimum absolute atomic E-state index is 0.0331. The first-order chi connectivity index (χ1) is 10.6. The lowest BCUT2D eigenvalue weighted by Crippen LogP contribution is -2.05. The minimum Gasteiger partial charge on any atom is -0.433 e. The number of halogens is 1. The summed E-state index contributed by atoms with van der Waals surface area (Å²) in [7, 11) is 0. The molecule has 0 N–H and O–H groups in total. The highest BCUT2D eigenvalue weighted by Gasteiger charge is 2.17. The second-order valence-corrected chi connectivity index (χ2v) is 4.53. The molecule has 0 radical (unpaired) electrons. The van der Waals surface area contributed by atoms with Crippen LogP contribution < -0.4 is 4.74 Å². The molecule has 5 nitrogen and oxygen atoms in total. The fourth-order valence-corrected chi connectivity index (χ4v) is 2.12. The minimum atomic E-state index is -0.701. The third-order valence-electron chi connectivity index (χ3n) is 3.22. The molecule has 0 aliphatic carbocycles. The van der Waals surface area contributed by atoms with Gasteiger partial charge in [-0.05, 0) is 36.6 Å². The molecule has 1 aromatic carbocycles. The van der Waals surface area contributed by atoms with E-state index in [1.807, 2.05) is 19.9 Å². The molecule has 0 unspecified atom stereocenters. The number of ether oxygens (including phenoxy) is 1. The van der Waals surface area contributed by atoms with E-state index < -0.39 is 5.82 Å². The highest BCUT2D eigenvalue weighted by molar-refractivity contribution is 5.75. The summed E-state index contributed by atoms with van der Waals surface area (Å²) >= 11 is 0. The molecule has 2 aromatic rings. The molecule has 2 rings (SSSR count). The van der Waals surface area contributed by atoms with Gasteiger partial charge in [-0.2, -0.15) is 10.4 Å². The summed E-state index contributed by atoms with van der Waals surface area (Å²) < 4.78 is 19.3. The number of hydrogen-bond donors (Lipinski definition) is 0. The number of aldehydes is 1. The van der Waals surface area contributed by atoms with Crippen LogP contribution in [0.4, 0.5) is 4.39 Å². The summed E-state index contributed by atoms with van der Waals surface area (Å²) in [5.74, 6) is -0.843. The van der Waals surface area contributed by atoms with Crippen molar-refractivity contribution in [1.82, 2.24) is 10.2 Å². The van der Waals surface area contributed by atoms with E-state index in [9.17, 15) is 14.4 Å². The smallest absolute Gasteiger partial charge is 0.257 e. The molecule has 0 aliphatic heterocycles. The zero-order chi connectivity index (χ0) is 16.1. The Morgan fingerprint density at radius 3 is 2.64 bits per heavy atom. The Morgan fingerprint density at radius 1 is 1.32 bits per heavy atom. The Balaban J connectivity index is 2.46. The van der Waals surface area contributed by atoms with E-state index in [0.717, 1.165) is 17.3 Å². The Labute approximate surface area is 127 Å². The number of rotatable bonds is 5. The molecule has 0 aliphatic rings. The monoisotopic (exact) mass is 299 g/mol. The molecule has 0 bridgehead atoms. The Bertz CT molecular complexity index is 754. The molecule has 0 saturated carbocycles. The van der Waals surface area contributed by atoms with Crippen molar-refractivity contribution in [2.75, 3.05) is 0 Å². The number of hydrogen-bond acceptors (Lipinski definition) is 5. The Kier molecular flexibility index (Phi) is 4.79. The first-order valence-corrected chi connectivity index (χ1v) is 6.85. The predicted molar refractivity (Wildman–Crippen MR) is 77.4 cm³/mol. The topological polar surface area (TPSA) is 75.9 Å². The summed E-state index contributed by atoms with van der Waals surface area (Å²) in [6.07, 6.45) is 1.79. The van der Waals surface area contributed by atoms with Gasteiger partial charge in [0, 0.05) is 5.56 Å². The maximum Gasteiger partial charge on any atom is 0.257 e. The van der Waals surface area contributed by atoms with E-state index in [2.05, 4.69) is 10.2 Å². The number of aromatic nitrogens is 2. The lowest BCUT2D eigenvalue weighted by atomic mass is 10.0. The van der Waals surface area contributed by atoms with Crippen molar-refractivity contribution in [3.63, 3.8) is 0 Å². The summed E-state index contributed by atoms with van der Waals surface area (Å²) in [6, 6.07) is 5.85. The molecular formula is C16H14FN3O2. The quantitative estimate of drug-likeness (QED) is 0.792. The van der Waals surface area contributed by atoms with Crippen LogP contribution in [-0.4, -0.2) is 16.5 Å². The van der Waals surface area contributed by atoms with Crippen molar-refractivity contribution in [2.24, 2.45) is 0 Å². The lowest BCUT2D eigenvalue weighted by Gasteiger charge is -2.11. The molecular weight excluding hydrogens is 285 g/mol. The molecule has 0 amide bonds. The molecule has 112 valence electrons. The first-order valence-electron chi connectivity index (χ1n) is 6.85. The maximum absolute atomic E-state index is 13.9. The van der Waals surface area contributed by atoms with Crippen molar-refractivity contribution in [3.05, 3.63) is 46.4 Å². The van der Waals surface area contributed by atoms with Gasteiger partial charge in [0.05, 0.1) is 5.69 Å². The molecule has 6 heteroatoms. The Morgan fingerprint density at radius 2 is 2.09 bits per heavy atom. The molecule has 0 spiro atoms. The zero-order valence-electron chi connectivity index (χ0n) is 12.3. The van der Waals surface area contributed by atoms with Crippen LogP contribution in [0.2, 0.25) is 0 Å². The third kappa shape index (κ3) is 2.93. The van der Waals surface area contributed by atoms with E-state index in [1.165, 1.54) is 12.1 Å². The average molecular weight is 299 g/mol. The van der Waals surface area contributed by atoms with Crippen LogP contribution in [0.1, 0.15) is 41.0 Å². The number of carbonyl (C=O) groups is 1. The number of nitriles is 1. The summed E-state index contributed by atoms with van der Waals surface area (Å²) in [6.45, 7) is 3.82. The van der Waals surface area contributed by atoms with Crippen LogP contribution in [0.3, 0.4) is 0 Å². The number of benzene rings is 1. The van der Waals surface area contributed by atoms with E-state index in [4.69, 9.17) is 4.74 Å². The van der Waals surface area contributed by atoms with E-state index in [0.29, 0.717) is 19.1 Å². The van der Waals surface area contributed by atoms with E-state index >= 15 is 0 Å². The van der Waals surface area contributed by atoms with Crippen LogP contribution in [-0.2, 0) is 12.8 Å². The second-order valence-electron chi connectivity index (χ2n) is 4.53. The zero-order valence-corrected chi connectivity index (χ0v) is 12.3. The van der Waals surface area contributed by atoms with E-state index in [1.54, 1.807) is 0 Å². The largest absolute Gasteiger partial charge is 0.433 e. The number of carbonyl (C=O) groups excluding carboxylic acids is 1. The van der Waals surface area contributed by atoms with Gasteiger partial charge in [-0.1, -0.05) is 13.8 Å². The molecule has 1 heterocycles. The third-order valence-corrected chi connectivity index (χ3v) is 3.22. The van der Waals surface area contributed by atoms with Crippen molar-refractivity contribution >= 4 is 6.29 Å². The van der Waals surface area contributed by atoms with Crippen LogP contribution in [0.5, 0.6) is 11.6 Å². The van der Waals surface area contributed by atoms with Crippen LogP contribution in [0.25, 0.3) is 0 Å². The molecule has 0 atom stereocenters. The van der Waals surface area contributed by atoms with Crippen LogP contribution in [0, 0.1) is 17.1 Å². The standard InChI is InChI=1S/C16H14FN3O2/c1-3-11-12(8-18)16(20-19-14(11)4-2)22-15-6-5-10(9-21)7-13(15)17/h5-7,9H,3-4H2,1-2H3. The SMILES string of the molecule is CCc1nnc(Oc2ccc(C=O)cc2F)c(C#N)c1CC. The summed E-state index contributed by atoms with van der Waals surface area (Å²) in [4.78, 5) is 10.6. The normalized spacial score (nSPS) is 10.1. The first kappa shape index (κ1) is 15.6. The molecule has 0 saturated heterocycles. The highest BCUT2D eigenvalue weighted by Crippen LogP contribution is 2.28. The van der Waals surface area contributed by atoms with Gasteiger partial charge in [0.15, 0.2) is 11.6 Å². The summed E-state index contributed by atoms with van der Waals surface area (Å²) in [5, 5.41) is 17.3. The van der Waals surface area contributed by atoms with E-state index in [-0.39, 0.29) is 22.8 Å². The van der Waals surface area contributed by atoms with Crippen molar-refractivity contribution in [2.45, 2.75) is 26.7 Å². The van der Waals surface area contributed by atoms with Crippen molar-refractivity contribution in [1.29, 1.82) is 5.26 Å². The van der Waals surface area contributed by atoms with Gasteiger partial charge in [-0.25, -0.2) is 4.39 Å². The molecule has 22 heavy (non-hydrogen) atoms. The second kappa shape index (κ2) is 6.76. The van der Waals surface area contributed by atoms with Gasteiger partial charge in [-0.15, -0.1) is 5.10 Å². The number of nitrogens with zero attached hydrogens (tertiary/aromatic N) is 3.